The van der Waals surface area contributed by atoms with Crippen molar-refractivity contribution in [2.45, 2.75) is 91.1 Å². The number of hydrogen-bond donors (Lipinski definition) is 1. The summed E-state index contributed by atoms with van der Waals surface area (Å²) >= 11 is 0. The molecule has 29 heavy (non-hydrogen) atoms. The van der Waals surface area contributed by atoms with E-state index in [0.717, 1.165) is 44.9 Å². The molecule has 4 aliphatic rings. The third-order valence-electron chi connectivity index (χ3n) is 10.0. The molecular formula is C24H37KO4. The molecule has 0 spiro atoms. The molecule has 5 heteroatoms. The average Bonchev–Trinajstić information content (AvgIpc) is 2.98. The number of carboxylic acid groups (broad SMARTS) is 1. The third-order valence-corrected chi connectivity index (χ3v) is 10.0. The number of carbonyl (C=O) groups is 2. The van der Waals surface area contributed by atoms with E-state index in [4.69, 9.17) is 0 Å². The molecule has 0 aliphatic heterocycles. The van der Waals surface area contributed by atoms with Crippen molar-refractivity contribution in [2.24, 2.45) is 46.3 Å². The standard InChI is InChI=1S/C24H38O4.K/c1-14(4-7-21(27)28)17-5-6-18-22-19(9-11-24(17,18)3)23(2)10-8-16(25)12-15(23)13-20(22)26;/h14-19,22,25H,4-13H2,1-3H3,(H,27,28);/q;+1/p-1/t14-,15?,16-,17-,18+,19+,22+,23+,24-;/m1./s1. The van der Waals surface area contributed by atoms with E-state index >= 15 is 0 Å². The van der Waals surface area contributed by atoms with E-state index in [-0.39, 0.29) is 80.7 Å². The van der Waals surface area contributed by atoms with Gasteiger partial charge in [-0.05, 0) is 98.2 Å². The number of carboxylic acids is 1. The predicted molar refractivity (Wildman–Crippen MR) is 105 cm³/mol. The van der Waals surface area contributed by atoms with E-state index in [1.54, 1.807) is 0 Å². The summed E-state index contributed by atoms with van der Waals surface area (Å²) in [6, 6.07) is 0. The Bertz CT molecular complexity index is 651. The summed E-state index contributed by atoms with van der Waals surface area (Å²) in [6.45, 7) is 7.01. The predicted octanol–water partition coefficient (Wildman–Crippen LogP) is 0.355. The Hall–Kier alpha value is 0.736. The first-order valence-electron chi connectivity index (χ1n) is 11.6. The van der Waals surface area contributed by atoms with E-state index in [9.17, 15) is 19.8 Å². The first-order chi connectivity index (χ1) is 13.2. The number of Topliss-reactive ketones (excluding diaryl/α,β-unsaturated/α-hetero) is 1. The first kappa shape index (κ1) is 24.4. The maximum atomic E-state index is 13.3. The van der Waals surface area contributed by atoms with Gasteiger partial charge in [0.05, 0.1) is 6.10 Å². The van der Waals surface area contributed by atoms with Crippen LogP contribution in [-0.4, -0.2) is 23.0 Å². The van der Waals surface area contributed by atoms with Crippen LogP contribution in [0.25, 0.3) is 0 Å². The fraction of sp³-hybridized carbons (Fsp3) is 0.917. The molecule has 0 saturated heterocycles. The van der Waals surface area contributed by atoms with Crippen LogP contribution in [0.5, 0.6) is 0 Å². The Balaban J connectivity index is 0.00000240. The second-order valence-electron chi connectivity index (χ2n) is 11.2. The van der Waals surface area contributed by atoms with Gasteiger partial charge in [-0.15, -0.1) is 0 Å². The fourth-order valence-corrected chi connectivity index (χ4v) is 8.43. The molecule has 0 amide bonds. The van der Waals surface area contributed by atoms with Crippen molar-refractivity contribution < 1.29 is 71.2 Å². The van der Waals surface area contributed by atoms with Crippen LogP contribution in [0.1, 0.15) is 85.0 Å². The Morgan fingerprint density at radius 1 is 1.14 bits per heavy atom. The summed E-state index contributed by atoms with van der Waals surface area (Å²) in [4.78, 5) is 24.3. The number of aliphatic carboxylic acids is 1. The smallest absolute Gasteiger partial charge is 0.550 e. The number of carbonyl (C=O) groups excluding carboxylic acids is 2. The average molecular weight is 429 g/mol. The minimum Gasteiger partial charge on any atom is -0.550 e. The Labute approximate surface area is 218 Å². The van der Waals surface area contributed by atoms with Crippen molar-refractivity contribution >= 4 is 11.8 Å². The molecule has 4 fully saturated rings. The molecule has 1 unspecified atom stereocenters. The second kappa shape index (κ2) is 8.94. The number of fused-ring (bicyclic) bond motifs is 5. The second-order valence-corrected chi connectivity index (χ2v) is 11.2. The Kier molecular flexibility index (Phi) is 7.51. The van der Waals surface area contributed by atoms with Gasteiger partial charge in [-0.3, -0.25) is 4.79 Å². The van der Waals surface area contributed by atoms with E-state index in [1.165, 1.54) is 0 Å². The van der Waals surface area contributed by atoms with Gasteiger partial charge >= 0.3 is 51.4 Å². The number of aliphatic hydroxyl groups excluding tert-OH is 1. The summed E-state index contributed by atoms with van der Waals surface area (Å²) in [6.07, 6.45) is 8.54. The quantitative estimate of drug-likeness (QED) is 0.656. The molecule has 4 aliphatic carbocycles. The van der Waals surface area contributed by atoms with Crippen molar-refractivity contribution in [1.82, 2.24) is 0 Å². The molecule has 4 saturated carbocycles. The molecule has 0 aromatic carbocycles. The van der Waals surface area contributed by atoms with Crippen molar-refractivity contribution in [3.63, 3.8) is 0 Å². The van der Waals surface area contributed by atoms with Gasteiger partial charge in [-0.25, -0.2) is 0 Å². The largest absolute Gasteiger partial charge is 1.00 e. The van der Waals surface area contributed by atoms with Crippen LogP contribution in [-0.2, 0) is 9.59 Å². The van der Waals surface area contributed by atoms with E-state index in [2.05, 4.69) is 20.8 Å². The monoisotopic (exact) mass is 428 g/mol. The summed E-state index contributed by atoms with van der Waals surface area (Å²) in [5, 5.41) is 21.1. The normalized spacial score (nSPS) is 47.4. The molecule has 0 heterocycles. The van der Waals surface area contributed by atoms with Crippen molar-refractivity contribution in [3.05, 3.63) is 0 Å². The SMILES string of the molecule is C[C@H](CCC(=O)[O-])[C@H]1CC[C@H]2[C@@H]3C(=O)CC4C[C@H](O)CC[C@]4(C)[C@H]3CC[C@]12C.[K+]. The zero-order valence-electron chi connectivity index (χ0n) is 18.8. The molecule has 9 atom stereocenters. The van der Waals surface area contributed by atoms with Gasteiger partial charge in [0.1, 0.15) is 5.78 Å². The minimum atomic E-state index is -0.948. The zero-order valence-corrected chi connectivity index (χ0v) is 21.9. The van der Waals surface area contributed by atoms with Crippen LogP contribution in [0.15, 0.2) is 0 Å². The number of ketones is 1. The maximum absolute atomic E-state index is 13.3. The van der Waals surface area contributed by atoms with Gasteiger partial charge in [0.25, 0.3) is 0 Å². The molecular weight excluding hydrogens is 391 g/mol. The molecule has 0 aromatic rings. The number of aliphatic hydroxyl groups is 1. The fourth-order valence-electron chi connectivity index (χ4n) is 8.43. The topological polar surface area (TPSA) is 77.4 Å². The number of hydrogen-bond acceptors (Lipinski definition) is 4. The molecule has 4 rings (SSSR count). The molecule has 1 N–H and O–H groups in total. The first-order valence-corrected chi connectivity index (χ1v) is 11.6. The Morgan fingerprint density at radius 3 is 2.48 bits per heavy atom. The van der Waals surface area contributed by atoms with Gasteiger partial charge < -0.3 is 15.0 Å². The molecule has 0 radical (unpaired) electrons. The van der Waals surface area contributed by atoms with Gasteiger partial charge in [-0.2, -0.15) is 0 Å². The molecule has 158 valence electrons. The number of rotatable bonds is 4. The molecule has 0 bridgehead atoms. The summed E-state index contributed by atoms with van der Waals surface area (Å²) in [5.74, 6) is 1.87. The van der Waals surface area contributed by atoms with Crippen molar-refractivity contribution in [2.75, 3.05) is 0 Å². The van der Waals surface area contributed by atoms with Crippen LogP contribution in [0.3, 0.4) is 0 Å². The van der Waals surface area contributed by atoms with Crippen LogP contribution in [0.4, 0.5) is 0 Å². The zero-order chi connectivity index (χ0) is 20.3. The third kappa shape index (κ3) is 4.11. The maximum Gasteiger partial charge on any atom is 1.00 e. The van der Waals surface area contributed by atoms with Gasteiger partial charge in [0, 0.05) is 18.3 Å². The minimum absolute atomic E-state index is 0. The Morgan fingerprint density at radius 2 is 1.79 bits per heavy atom. The molecule has 0 aromatic heterocycles. The van der Waals surface area contributed by atoms with Gasteiger partial charge in [0.15, 0.2) is 0 Å². The van der Waals surface area contributed by atoms with Crippen molar-refractivity contribution in [1.29, 1.82) is 0 Å². The van der Waals surface area contributed by atoms with Crippen LogP contribution < -0.4 is 56.5 Å². The molecule has 4 nitrogen and oxygen atoms in total. The van der Waals surface area contributed by atoms with Crippen LogP contribution in [0.2, 0.25) is 0 Å². The van der Waals surface area contributed by atoms with Gasteiger partial charge in [-0.1, -0.05) is 20.8 Å². The van der Waals surface area contributed by atoms with Crippen LogP contribution in [0, 0.1) is 46.3 Å². The summed E-state index contributed by atoms with van der Waals surface area (Å²) in [7, 11) is 0. The van der Waals surface area contributed by atoms with E-state index in [1.807, 2.05) is 0 Å². The summed E-state index contributed by atoms with van der Waals surface area (Å²) in [5.41, 5.74) is 0.372. The van der Waals surface area contributed by atoms with E-state index in [0.29, 0.717) is 48.2 Å². The van der Waals surface area contributed by atoms with Gasteiger partial charge in [0.2, 0.25) is 0 Å². The van der Waals surface area contributed by atoms with E-state index < -0.39 is 5.97 Å². The summed E-state index contributed by atoms with van der Waals surface area (Å²) < 4.78 is 0. The van der Waals surface area contributed by atoms with Crippen molar-refractivity contribution in [3.8, 4) is 0 Å². The van der Waals surface area contributed by atoms with Crippen LogP contribution >= 0.6 is 0 Å².